The number of anilines is 1. The molecule has 0 bridgehead atoms. The van der Waals surface area contributed by atoms with Gasteiger partial charge in [-0.15, -0.1) is 0 Å². The Bertz CT molecular complexity index is 256. The van der Waals surface area contributed by atoms with E-state index in [1.54, 1.807) is 0 Å². The maximum Gasteiger partial charge on any atom is 0.0345 e. The molecule has 0 aliphatic rings. The van der Waals surface area contributed by atoms with Gasteiger partial charge in [0.1, 0.15) is 0 Å². The van der Waals surface area contributed by atoms with Crippen molar-refractivity contribution >= 4 is 5.69 Å². The second-order valence-electron chi connectivity index (χ2n) is 4.15. The maximum absolute atomic E-state index is 3.43. The summed E-state index contributed by atoms with van der Waals surface area (Å²) in [5.74, 6) is 0.695. The van der Waals surface area contributed by atoms with Crippen LogP contribution in [0.2, 0.25) is 0 Å². The summed E-state index contributed by atoms with van der Waals surface area (Å²) < 4.78 is 0. The molecule has 13 heavy (non-hydrogen) atoms. The first-order valence-electron chi connectivity index (χ1n) is 4.90. The molecule has 0 aromatic heterocycles. The molecule has 0 unspecified atom stereocenters. The van der Waals surface area contributed by atoms with E-state index in [-0.39, 0.29) is 0 Å². The highest BCUT2D eigenvalue weighted by Gasteiger charge is 1.96. The fourth-order valence-electron chi connectivity index (χ4n) is 1.40. The molecule has 0 radical (unpaired) electrons. The Morgan fingerprint density at radius 1 is 1.08 bits per heavy atom. The first kappa shape index (κ1) is 10.1. The minimum Gasteiger partial charge on any atom is -0.385 e. The van der Waals surface area contributed by atoms with E-state index >= 15 is 0 Å². The largest absolute Gasteiger partial charge is 0.385 e. The Morgan fingerprint density at radius 3 is 2.08 bits per heavy atom. The quantitative estimate of drug-likeness (QED) is 0.746. The van der Waals surface area contributed by atoms with Gasteiger partial charge in [0.25, 0.3) is 0 Å². The summed E-state index contributed by atoms with van der Waals surface area (Å²) in [6.45, 7) is 9.75. The molecule has 72 valence electrons. The van der Waals surface area contributed by atoms with Gasteiger partial charge in [0.2, 0.25) is 0 Å². The molecule has 0 atom stereocenters. The molecule has 0 saturated carbocycles. The van der Waals surface area contributed by atoms with Gasteiger partial charge in [0.15, 0.2) is 0 Å². The third-order valence-electron chi connectivity index (χ3n) is 1.94. The van der Waals surface area contributed by atoms with Crippen LogP contribution in [0.4, 0.5) is 5.69 Å². The molecule has 0 aliphatic carbocycles. The number of nitrogens with one attached hydrogen (secondary N) is 1. The minimum atomic E-state index is 0.695. The molecule has 0 spiro atoms. The third kappa shape index (κ3) is 3.49. The first-order chi connectivity index (χ1) is 6.08. The molecule has 1 aromatic carbocycles. The lowest BCUT2D eigenvalue weighted by Crippen LogP contribution is -2.07. The standard InChI is InChI=1S/C12H19N/c1-9(2)8-13-12-6-10(3)5-11(4)7-12/h5-7,9,13H,8H2,1-4H3. The van der Waals surface area contributed by atoms with Crippen molar-refractivity contribution in [3.8, 4) is 0 Å². The molecular formula is C12H19N. The first-order valence-corrected chi connectivity index (χ1v) is 4.90. The summed E-state index contributed by atoms with van der Waals surface area (Å²) in [5, 5.41) is 3.43. The van der Waals surface area contributed by atoms with Crippen molar-refractivity contribution in [1.82, 2.24) is 0 Å². The van der Waals surface area contributed by atoms with Crippen molar-refractivity contribution in [2.24, 2.45) is 5.92 Å². The lowest BCUT2D eigenvalue weighted by atomic mass is 10.1. The van der Waals surface area contributed by atoms with Gasteiger partial charge in [0, 0.05) is 12.2 Å². The van der Waals surface area contributed by atoms with E-state index < -0.39 is 0 Å². The van der Waals surface area contributed by atoms with Gasteiger partial charge in [-0.3, -0.25) is 0 Å². The van der Waals surface area contributed by atoms with Gasteiger partial charge in [-0.2, -0.15) is 0 Å². The van der Waals surface area contributed by atoms with E-state index in [9.17, 15) is 0 Å². The Kier molecular flexibility index (Phi) is 3.35. The highest BCUT2D eigenvalue weighted by molar-refractivity contribution is 5.48. The summed E-state index contributed by atoms with van der Waals surface area (Å²) in [7, 11) is 0. The van der Waals surface area contributed by atoms with Crippen LogP contribution >= 0.6 is 0 Å². The zero-order chi connectivity index (χ0) is 9.84. The second kappa shape index (κ2) is 4.31. The summed E-state index contributed by atoms with van der Waals surface area (Å²) in [6.07, 6.45) is 0. The number of aryl methyl sites for hydroxylation is 2. The van der Waals surface area contributed by atoms with Crippen molar-refractivity contribution in [2.45, 2.75) is 27.7 Å². The predicted molar refractivity (Wildman–Crippen MR) is 59.2 cm³/mol. The molecule has 0 amide bonds. The number of hydrogen-bond donors (Lipinski definition) is 1. The van der Waals surface area contributed by atoms with Crippen LogP contribution in [0.1, 0.15) is 25.0 Å². The van der Waals surface area contributed by atoms with Crippen molar-refractivity contribution in [3.05, 3.63) is 29.3 Å². The lowest BCUT2D eigenvalue weighted by molar-refractivity contribution is 0.689. The molecule has 1 rings (SSSR count). The average molecular weight is 177 g/mol. The maximum atomic E-state index is 3.43. The number of rotatable bonds is 3. The smallest absolute Gasteiger partial charge is 0.0345 e. The van der Waals surface area contributed by atoms with Gasteiger partial charge in [-0.1, -0.05) is 19.9 Å². The van der Waals surface area contributed by atoms with Gasteiger partial charge < -0.3 is 5.32 Å². The van der Waals surface area contributed by atoms with E-state index in [1.165, 1.54) is 16.8 Å². The summed E-state index contributed by atoms with van der Waals surface area (Å²) in [4.78, 5) is 0. The van der Waals surface area contributed by atoms with Crippen LogP contribution in [-0.4, -0.2) is 6.54 Å². The highest BCUT2D eigenvalue weighted by atomic mass is 14.9. The number of benzene rings is 1. The lowest BCUT2D eigenvalue weighted by Gasteiger charge is -2.10. The van der Waals surface area contributed by atoms with Crippen LogP contribution < -0.4 is 5.32 Å². The fourth-order valence-corrected chi connectivity index (χ4v) is 1.40. The van der Waals surface area contributed by atoms with Crippen LogP contribution in [0.25, 0.3) is 0 Å². The van der Waals surface area contributed by atoms with Crippen LogP contribution in [-0.2, 0) is 0 Å². The third-order valence-corrected chi connectivity index (χ3v) is 1.94. The van der Waals surface area contributed by atoms with Crippen LogP contribution in [0, 0.1) is 19.8 Å². The van der Waals surface area contributed by atoms with E-state index in [0.717, 1.165) is 6.54 Å². The Balaban J connectivity index is 2.66. The Labute approximate surface area is 81.2 Å². The van der Waals surface area contributed by atoms with Crippen LogP contribution in [0.15, 0.2) is 18.2 Å². The van der Waals surface area contributed by atoms with E-state index in [0.29, 0.717) is 5.92 Å². The molecule has 0 heterocycles. The molecule has 0 saturated heterocycles. The fraction of sp³-hybridized carbons (Fsp3) is 0.500. The molecule has 0 aliphatic heterocycles. The predicted octanol–water partition coefficient (Wildman–Crippen LogP) is 3.37. The molecule has 1 nitrogen and oxygen atoms in total. The zero-order valence-electron chi connectivity index (χ0n) is 9.02. The molecular weight excluding hydrogens is 158 g/mol. The molecule has 0 fully saturated rings. The summed E-state index contributed by atoms with van der Waals surface area (Å²) in [5.41, 5.74) is 3.89. The highest BCUT2D eigenvalue weighted by Crippen LogP contribution is 2.13. The SMILES string of the molecule is Cc1cc(C)cc(NCC(C)C)c1. The van der Waals surface area contributed by atoms with Gasteiger partial charge >= 0.3 is 0 Å². The van der Waals surface area contributed by atoms with Gasteiger partial charge in [-0.25, -0.2) is 0 Å². The Hall–Kier alpha value is -0.980. The average Bonchev–Trinajstić information content (AvgIpc) is 1.99. The summed E-state index contributed by atoms with van der Waals surface area (Å²) >= 11 is 0. The monoisotopic (exact) mass is 177 g/mol. The number of hydrogen-bond acceptors (Lipinski definition) is 1. The normalized spacial score (nSPS) is 10.5. The van der Waals surface area contributed by atoms with Crippen LogP contribution in [0.5, 0.6) is 0 Å². The Morgan fingerprint density at radius 2 is 1.62 bits per heavy atom. The topological polar surface area (TPSA) is 12.0 Å². The van der Waals surface area contributed by atoms with E-state index in [1.807, 2.05) is 0 Å². The molecule has 1 aromatic rings. The van der Waals surface area contributed by atoms with Gasteiger partial charge in [0.05, 0.1) is 0 Å². The van der Waals surface area contributed by atoms with Crippen molar-refractivity contribution < 1.29 is 0 Å². The van der Waals surface area contributed by atoms with Gasteiger partial charge in [-0.05, 0) is 43.0 Å². The van der Waals surface area contributed by atoms with E-state index in [2.05, 4.69) is 51.2 Å². The zero-order valence-corrected chi connectivity index (χ0v) is 9.02. The molecule has 1 N–H and O–H groups in total. The van der Waals surface area contributed by atoms with Crippen molar-refractivity contribution in [3.63, 3.8) is 0 Å². The molecule has 1 heteroatoms. The minimum absolute atomic E-state index is 0.695. The van der Waals surface area contributed by atoms with Crippen molar-refractivity contribution in [2.75, 3.05) is 11.9 Å². The second-order valence-corrected chi connectivity index (χ2v) is 4.15. The van der Waals surface area contributed by atoms with E-state index in [4.69, 9.17) is 0 Å². The summed E-state index contributed by atoms with van der Waals surface area (Å²) in [6, 6.07) is 6.57. The van der Waals surface area contributed by atoms with Crippen LogP contribution in [0.3, 0.4) is 0 Å². The van der Waals surface area contributed by atoms with Crippen molar-refractivity contribution in [1.29, 1.82) is 0 Å².